The van der Waals surface area contributed by atoms with E-state index in [0.29, 0.717) is 5.92 Å². The van der Waals surface area contributed by atoms with Gasteiger partial charge in [-0.1, -0.05) is 15.9 Å². The fourth-order valence-electron chi connectivity index (χ4n) is 3.29. The molecular weight excluding hydrogens is 366 g/mol. The van der Waals surface area contributed by atoms with Crippen molar-refractivity contribution in [1.82, 2.24) is 4.98 Å². The van der Waals surface area contributed by atoms with Crippen LogP contribution in [0.5, 0.6) is 0 Å². The number of nitrogens with zero attached hydrogens (tertiary/aromatic N) is 3. The molecule has 0 spiro atoms. The van der Waals surface area contributed by atoms with Crippen LogP contribution in [0.25, 0.3) is 0 Å². The summed E-state index contributed by atoms with van der Waals surface area (Å²) in [5.41, 5.74) is 3.24. The minimum atomic E-state index is -0.381. The quantitative estimate of drug-likeness (QED) is 0.869. The molecule has 1 aromatic heterocycles. The zero-order valence-electron chi connectivity index (χ0n) is 13.6. The van der Waals surface area contributed by atoms with E-state index in [1.165, 1.54) is 5.69 Å². The fourth-order valence-corrected chi connectivity index (χ4v) is 3.55. The molecule has 1 unspecified atom stereocenters. The number of rotatable bonds is 4. The van der Waals surface area contributed by atoms with E-state index in [9.17, 15) is 5.11 Å². The summed E-state index contributed by atoms with van der Waals surface area (Å²) in [6, 6.07) is 12.6. The first-order valence-corrected chi connectivity index (χ1v) is 9.39. The van der Waals surface area contributed by atoms with Gasteiger partial charge < -0.3 is 14.9 Å². The zero-order chi connectivity index (χ0) is 16.5. The molecule has 1 N–H and O–H groups in total. The lowest BCUT2D eigenvalue weighted by Gasteiger charge is -2.37. The topological polar surface area (TPSA) is 39.6 Å². The highest BCUT2D eigenvalue weighted by molar-refractivity contribution is 9.10. The molecule has 4 rings (SSSR count). The second-order valence-corrected chi connectivity index (χ2v) is 7.59. The highest BCUT2D eigenvalue weighted by atomic mass is 79.9. The molecule has 1 saturated heterocycles. The van der Waals surface area contributed by atoms with Crippen molar-refractivity contribution >= 4 is 27.3 Å². The molecule has 5 heteroatoms. The number of pyridine rings is 1. The van der Waals surface area contributed by atoms with Gasteiger partial charge in [-0.2, -0.15) is 0 Å². The van der Waals surface area contributed by atoms with Crippen LogP contribution in [0, 0.1) is 5.92 Å². The predicted octanol–water partition coefficient (Wildman–Crippen LogP) is 3.61. The van der Waals surface area contributed by atoms with E-state index in [-0.39, 0.29) is 6.10 Å². The molecule has 1 aromatic carbocycles. The second-order valence-electron chi connectivity index (χ2n) is 6.67. The Morgan fingerprint density at radius 3 is 2.04 bits per heavy atom. The van der Waals surface area contributed by atoms with Gasteiger partial charge in [-0.15, -0.1) is 0 Å². The molecule has 2 aromatic rings. The Morgan fingerprint density at radius 2 is 1.50 bits per heavy atom. The molecule has 0 bridgehead atoms. The third-order valence-corrected chi connectivity index (χ3v) is 5.51. The van der Waals surface area contributed by atoms with Gasteiger partial charge >= 0.3 is 0 Å². The summed E-state index contributed by atoms with van der Waals surface area (Å²) >= 11 is 3.49. The number of hydrogen-bond donors (Lipinski definition) is 1. The maximum absolute atomic E-state index is 10.2. The average molecular weight is 388 g/mol. The van der Waals surface area contributed by atoms with E-state index in [1.807, 2.05) is 12.3 Å². The van der Waals surface area contributed by atoms with Crippen LogP contribution in [0.1, 0.15) is 24.6 Å². The number of aromatic nitrogens is 1. The molecule has 0 radical (unpaired) electrons. The van der Waals surface area contributed by atoms with Gasteiger partial charge in [0.05, 0.1) is 23.7 Å². The molecule has 4 nitrogen and oxygen atoms in total. The number of piperazine rings is 1. The maximum Gasteiger partial charge on any atom is 0.0987 e. The zero-order valence-corrected chi connectivity index (χ0v) is 15.2. The largest absolute Gasteiger partial charge is 0.387 e. The van der Waals surface area contributed by atoms with Crippen LogP contribution in [0.2, 0.25) is 0 Å². The van der Waals surface area contributed by atoms with Crippen LogP contribution < -0.4 is 9.80 Å². The van der Waals surface area contributed by atoms with Crippen LogP contribution in [-0.4, -0.2) is 36.3 Å². The summed E-state index contributed by atoms with van der Waals surface area (Å²) in [7, 11) is 0. The summed E-state index contributed by atoms with van der Waals surface area (Å²) in [4.78, 5) is 9.28. The van der Waals surface area contributed by atoms with Gasteiger partial charge in [0.15, 0.2) is 0 Å². The van der Waals surface area contributed by atoms with Crippen molar-refractivity contribution in [3.05, 3.63) is 52.8 Å². The highest BCUT2D eigenvalue weighted by Gasteiger charge is 2.31. The van der Waals surface area contributed by atoms with E-state index in [0.717, 1.165) is 54.9 Å². The van der Waals surface area contributed by atoms with Crippen LogP contribution in [0.15, 0.2) is 47.1 Å². The lowest BCUT2D eigenvalue weighted by atomic mass is 10.1. The molecular formula is C19H22BrN3O. The summed E-state index contributed by atoms with van der Waals surface area (Å²) in [5, 5.41) is 10.2. The van der Waals surface area contributed by atoms with Gasteiger partial charge in [0.25, 0.3) is 0 Å². The van der Waals surface area contributed by atoms with Gasteiger partial charge in [0, 0.05) is 36.3 Å². The molecule has 2 heterocycles. The van der Waals surface area contributed by atoms with Crippen LogP contribution in [0.4, 0.5) is 11.4 Å². The summed E-state index contributed by atoms with van der Waals surface area (Å²) < 4.78 is 1.12. The van der Waals surface area contributed by atoms with Crippen molar-refractivity contribution in [1.29, 1.82) is 0 Å². The van der Waals surface area contributed by atoms with E-state index in [1.54, 1.807) is 0 Å². The first-order valence-electron chi connectivity index (χ1n) is 8.60. The molecule has 2 fully saturated rings. The van der Waals surface area contributed by atoms with Crippen molar-refractivity contribution in [2.75, 3.05) is 36.0 Å². The van der Waals surface area contributed by atoms with Gasteiger partial charge in [-0.05, 0) is 55.2 Å². The number of aliphatic hydroxyl groups is 1. The van der Waals surface area contributed by atoms with Gasteiger partial charge in [-0.25, -0.2) is 0 Å². The third-order valence-electron chi connectivity index (χ3n) is 4.98. The molecule has 1 aliphatic carbocycles. The maximum atomic E-state index is 10.2. The Hall–Kier alpha value is -1.59. The van der Waals surface area contributed by atoms with Gasteiger partial charge in [0.1, 0.15) is 0 Å². The Bertz CT molecular complexity index is 677. The van der Waals surface area contributed by atoms with Crippen molar-refractivity contribution in [2.45, 2.75) is 18.9 Å². The van der Waals surface area contributed by atoms with Crippen molar-refractivity contribution < 1.29 is 5.11 Å². The number of halogens is 1. The van der Waals surface area contributed by atoms with Crippen LogP contribution in [0.3, 0.4) is 0 Å². The Kier molecular flexibility index (Phi) is 4.46. The molecule has 1 saturated carbocycles. The minimum Gasteiger partial charge on any atom is -0.387 e. The third kappa shape index (κ3) is 3.42. The molecule has 1 aliphatic heterocycles. The molecule has 0 amide bonds. The van der Waals surface area contributed by atoms with Gasteiger partial charge in [-0.3, -0.25) is 4.98 Å². The van der Waals surface area contributed by atoms with E-state index < -0.39 is 0 Å². The Labute approximate surface area is 151 Å². The van der Waals surface area contributed by atoms with Crippen molar-refractivity contribution in [3.8, 4) is 0 Å². The fraction of sp³-hybridized carbons (Fsp3) is 0.421. The summed E-state index contributed by atoms with van der Waals surface area (Å²) in [6.45, 7) is 3.99. The average Bonchev–Trinajstić information content (AvgIpc) is 3.47. The first-order chi connectivity index (χ1) is 11.7. The number of hydrogen-bond acceptors (Lipinski definition) is 4. The Balaban J connectivity index is 1.37. The van der Waals surface area contributed by atoms with Crippen molar-refractivity contribution in [3.63, 3.8) is 0 Å². The van der Waals surface area contributed by atoms with Crippen molar-refractivity contribution in [2.24, 2.45) is 5.92 Å². The second kappa shape index (κ2) is 6.73. The van der Waals surface area contributed by atoms with E-state index in [4.69, 9.17) is 0 Å². The molecule has 1 atom stereocenters. The summed E-state index contributed by atoms with van der Waals surface area (Å²) in [6.07, 6.45) is 3.79. The van der Waals surface area contributed by atoms with E-state index >= 15 is 0 Å². The van der Waals surface area contributed by atoms with E-state index in [2.05, 4.69) is 61.0 Å². The normalized spacial score (nSPS) is 19.4. The van der Waals surface area contributed by atoms with Crippen LogP contribution in [-0.2, 0) is 0 Å². The number of aliphatic hydroxyl groups excluding tert-OH is 1. The SMILES string of the molecule is OC(c1ccc(N2CCN(c3ccc(Br)cc3)CC2)cn1)C1CC1. The molecule has 24 heavy (non-hydrogen) atoms. The Morgan fingerprint density at radius 1 is 0.917 bits per heavy atom. The predicted molar refractivity (Wildman–Crippen MR) is 100 cm³/mol. The standard InChI is InChI=1S/C19H22BrN3O/c20-15-3-5-16(6-4-15)22-9-11-23(12-10-22)17-7-8-18(21-13-17)19(24)14-1-2-14/h3-8,13-14,19,24H,1-2,9-12H2. The number of benzene rings is 1. The summed E-state index contributed by atoms with van der Waals surface area (Å²) in [5.74, 6) is 0.429. The monoisotopic (exact) mass is 387 g/mol. The lowest BCUT2D eigenvalue weighted by Crippen LogP contribution is -2.46. The lowest BCUT2D eigenvalue weighted by molar-refractivity contribution is 0.149. The first kappa shape index (κ1) is 15.9. The minimum absolute atomic E-state index is 0.381. The molecule has 2 aliphatic rings. The van der Waals surface area contributed by atoms with Crippen LogP contribution >= 0.6 is 15.9 Å². The van der Waals surface area contributed by atoms with Gasteiger partial charge in [0.2, 0.25) is 0 Å². The highest BCUT2D eigenvalue weighted by Crippen LogP contribution is 2.40. The number of anilines is 2. The molecule has 126 valence electrons. The smallest absolute Gasteiger partial charge is 0.0987 e.